The van der Waals surface area contributed by atoms with Crippen LogP contribution in [0.3, 0.4) is 0 Å². The summed E-state index contributed by atoms with van der Waals surface area (Å²) in [5.41, 5.74) is 2.19. The minimum absolute atomic E-state index is 0. The molecule has 0 aliphatic heterocycles. The van der Waals surface area contributed by atoms with Gasteiger partial charge >= 0.3 is 41.6 Å². The van der Waals surface area contributed by atoms with Gasteiger partial charge in [0.25, 0.3) is 5.56 Å². The number of nitrogens with one attached hydrogen (secondary N) is 1. The quantitative estimate of drug-likeness (QED) is 0.146. The van der Waals surface area contributed by atoms with Crippen LogP contribution in [-0.4, -0.2) is 57.5 Å². The minimum atomic E-state index is -4.22. The molecule has 22 heteroatoms. The summed E-state index contributed by atoms with van der Waals surface area (Å²) in [6.45, 7) is -3.03. The Bertz CT molecular complexity index is 2360. The molecule has 272 valence electrons. The number of carbonyl (C=O) groups is 1. The second kappa shape index (κ2) is 15.7. The predicted molar refractivity (Wildman–Crippen MR) is 163 cm³/mol. The summed E-state index contributed by atoms with van der Waals surface area (Å²) in [6, 6.07) is 7.28. The molecule has 1 N–H and O–H groups in total. The van der Waals surface area contributed by atoms with Crippen molar-refractivity contribution in [1.82, 2.24) is 39.5 Å². The summed E-state index contributed by atoms with van der Waals surface area (Å²) >= 11 is 3.87. The van der Waals surface area contributed by atoms with E-state index in [1.165, 1.54) is 24.5 Å². The van der Waals surface area contributed by atoms with Crippen LogP contribution in [0.1, 0.15) is 37.8 Å². The van der Waals surface area contributed by atoms with Gasteiger partial charge in [-0.15, -0.1) is 5.10 Å². The molecule has 2 aliphatic carbocycles. The first-order chi connectivity index (χ1) is 24.6. The molecule has 0 spiro atoms. The number of imidazole rings is 2. The van der Waals surface area contributed by atoms with Crippen molar-refractivity contribution in [3.8, 4) is 28.7 Å². The van der Waals surface area contributed by atoms with E-state index in [4.69, 9.17) is 9.90 Å². The molecule has 2 aromatic carbocycles. The number of carboxylic acids is 1. The van der Waals surface area contributed by atoms with E-state index in [1.54, 1.807) is 4.57 Å². The molecule has 0 unspecified atom stereocenters. The van der Waals surface area contributed by atoms with Crippen LogP contribution in [-0.2, 0) is 4.79 Å². The van der Waals surface area contributed by atoms with Crippen LogP contribution in [0.2, 0.25) is 0 Å². The number of halogens is 9. The van der Waals surface area contributed by atoms with Crippen LogP contribution < -0.4 is 45.0 Å². The minimum Gasteiger partial charge on any atom is -0.543 e. The fraction of sp³-hybridized carbons (Fsp3) is 0.258. The Hall–Kier alpha value is -4.66. The number of carbonyl (C=O) groups excluding carboxylic acids is 1. The number of aromatic amines is 1. The standard InChI is InChI=1S/C15H10F4N4O.C14H10F2N4O.C2HClF2O2.Na/c16-9-4-11-12(5-10(9)17)23(8-1-2-8)14(21-11)7-3-13(22-20-6-7)24-15(18)19;15-9-4-11-12(5-10(9)16)20(8-1-2-8)14(18-11)7-3-13(21)19-17-6-7;3-2(4,5)1(6)7;/h3-6,8,15H,1-2H2;3-6,8H,1-2H2,(H,19,21);(H,6,7);/q;;;+1/p-1. The van der Waals surface area contributed by atoms with Crippen LogP contribution in [0, 0.1) is 23.3 Å². The molecule has 0 bridgehead atoms. The third-order valence-electron chi connectivity index (χ3n) is 7.54. The number of aromatic nitrogens is 8. The van der Waals surface area contributed by atoms with Crippen molar-refractivity contribution in [2.75, 3.05) is 0 Å². The van der Waals surface area contributed by atoms with Gasteiger partial charge in [0.05, 0.1) is 34.5 Å². The predicted octanol–water partition coefficient (Wildman–Crippen LogP) is 2.68. The molecular weight excluding hydrogens is 759 g/mol. The first-order valence-electron chi connectivity index (χ1n) is 15.0. The fourth-order valence-corrected chi connectivity index (χ4v) is 5.11. The number of alkyl halides is 5. The van der Waals surface area contributed by atoms with Gasteiger partial charge in [-0.2, -0.15) is 27.8 Å². The van der Waals surface area contributed by atoms with Gasteiger partial charge in [0.1, 0.15) is 17.6 Å². The molecule has 2 aliphatic rings. The zero-order valence-corrected chi connectivity index (χ0v) is 29.6. The maximum atomic E-state index is 13.6. The monoisotopic (exact) mass is 778 g/mol. The third-order valence-corrected chi connectivity index (χ3v) is 7.70. The summed E-state index contributed by atoms with van der Waals surface area (Å²) in [7, 11) is 0. The van der Waals surface area contributed by atoms with Crippen molar-refractivity contribution in [2.24, 2.45) is 0 Å². The zero-order chi connectivity index (χ0) is 37.5. The number of nitrogens with zero attached hydrogens (tertiary/aromatic N) is 7. The molecule has 4 heterocycles. The fourth-order valence-electron chi connectivity index (χ4n) is 5.11. The molecule has 4 aromatic heterocycles. The Kier molecular flexibility index (Phi) is 11.8. The van der Waals surface area contributed by atoms with Crippen molar-refractivity contribution in [1.29, 1.82) is 0 Å². The smallest absolute Gasteiger partial charge is 0.543 e. The zero-order valence-electron chi connectivity index (χ0n) is 26.8. The summed E-state index contributed by atoms with van der Waals surface area (Å²) in [6.07, 6.45) is 6.47. The van der Waals surface area contributed by atoms with Gasteiger partial charge in [-0.1, -0.05) is 0 Å². The number of ether oxygens (including phenoxy) is 1. The van der Waals surface area contributed by atoms with E-state index in [0.717, 1.165) is 49.9 Å². The molecule has 0 amide bonds. The molecule has 12 nitrogen and oxygen atoms in total. The van der Waals surface area contributed by atoms with Gasteiger partial charge in [-0.25, -0.2) is 32.6 Å². The van der Waals surface area contributed by atoms with E-state index in [2.05, 4.69) is 46.7 Å². The molecular formula is C31H20ClF8N8NaO4. The number of fused-ring (bicyclic) bond motifs is 2. The van der Waals surface area contributed by atoms with Crippen LogP contribution in [0.4, 0.5) is 35.1 Å². The molecule has 0 saturated heterocycles. The number of benzene rings is 2. The van der Waals surface area contributed by atoms with Gasteiger partial charge in [-0.3, -0.25) is 4.79 Å². The largest absolute Gasteiger partial charge is 1.00 e. The van der Waals surface area contributed by atoms with Gasteiger partial charge in [0.15, 0.2) is 23.3 Å². The van der Waals surface area contributed by atoms with E-state index in [9.17, 15) is 39.9 Å². The maximum Gasteiger partial charge on any atom is 1.00 e. The third kappa shape index (κ3) is 9.11. The summed E-state index contributed by atoms with van der Waals surface area (Å²) in [5.74, 6) is -5.83. The molecule has 0 atom stereocenters. The Balaban J connectivity index is 0.000000172. The average molecular weight is 779 g/mol. The number of hydrogen-bond donors (Lipinski definition) is 1. The first-order valence-corrected chi connectivity index (χ1v) is 15.3. The molecule has 6 aromatic rings. The van der Waals surface area contributed by atoms with E-state index < -0.39 is 41.2 Å². The number of H-pyrrole nitrogens is 1. The van der Waals surface area contributed by atoms with Crippen LogP contribution in [0.15, 0.2) is 53.6 Å². The Morgan fingerprint density at radius 1 is 0.830 bits per heavy atom. The molecule has 53 heavy (non-hydrogen) atoms. The first kappa shape index (κ1) is 39.5. The Labute approximate surface area is 318 Å². The van der Waals surface area contributed by atoms with Crippen molar-refractivity contribution in [2.45, 2.75) is 49.8 Å². The maximum absolute atomic E-state index is 13.6. The second-order valence-electron chi connectivity index (χ2n) is 11.4. The molecule has 2 saturated carbocycles. The van der Waals surface area contributed by atoms with Crippen LogP contribution in [0.25, 0.3) is 44.8 Å². The van der Waals surface area contributed by atoms with E-state index in [1.807, 2.05) is 4.57 Å². The molecule has 8 rings (SSSR count). The summed E-state index contributed by atoms with van der Waals surface area (Å²) in [5, 5.41) is 17.9. The van der Waals surface area contributed by atoms with Crippen molar-refractivity contribution in [3.05, 3.63) is 82.4 Å². The summed E-state index contributed by atoms with van der Waals surface area (Å²) < 4.78 is 108. The van der Waals surface area contributed by atoms with E-state index in [0.29, 0.717) is 39.3 Å². The molecule has 2 fully saturated rings. The average Bonchev–Trinajstić information content (AvgIpc) is 4.02. The Morgan fingerprint density at radius 3 is 1.70 bits per heavy atom. The topological polar surface area (TPSA) is 157 Å². The Morgan fingerprint density at radius 2 is 1.28 bits per heavy atom. The number of rotatable bonds is 7. The molecule has 0 radical (unpaired) electrons. The normalized spacial score (nSPS) is 13.9. The second-order valence-corrected chi connectivity index (χ2v) is 11.8. The van der Waals surface area contributed by atoms with E-state index in [-0.39, 0.29) is 58.6 Å². The number of hydrogen-bond acceptors (Lipinski definition) is 9. The SMILES string of the molecule is Fc1cc2nc(-c3cnnc(OC(F)F)c3)n(C3CC3)c2cc1F.O=C([O-])C(F)(F)Cl.O=c1cc(-c2nc3cc(F)c(F)cc3n2C2CC2)cn[nH]1.[Na+]. The van der Waals surface area contributed by atoms with Crippen molar-refractivity contribution in [3.63, 3.8) is 0 Å². The van der Waals surface area contributed by atoms with Crippen LogP contribution >= 0.6 is 11.6 Å². The van der Waals surface area contributed by atoms with Gasteiger partial charge in [-0.05, 0) is 37.3 Å². The number of aliphatic carboxylic acids is 1. The van der Waals surface area contributed by atoms with Crippen molar-refractivity contribution < 1.29 is 79.3 Å². The van der Waals surface area contributed by atoms with Gasteiger partial charge in [0.2, 0.25) is 5.88 Å². The summed E-state index contributed by atoms with van der Waals surface area (Å²) in [4.78, 5) is 29.1. The van der Waals surface area contributed by atoms with Crippen molar-refractivity contribution >= 4 is 39.6 Å². The van der Waals surface area contributed by atoms with Gasteiger partial charge in [0, 0.05) is 59.6 Å². The number of carboxylic acid groups (broad SMARTS) is 1. The van der Waals surface area contributed by atoms with Gasteiger partial charge < -0.3 is 23.8 Å². The van der Waals surface area contributed by atoms with Crippen LogP contribution in [0.5, 0.6) is 5.88 Å². The van der Waals surface area contributed by atoms with E-state index >= 15 is 0 Å².